The molecule has 0 aromatic heterocycles. The first-order valence-corrected chi connectivity index (χ1v) is 8.15. The minimum absolute atomic E-state index is 0.0532. The van der Waals surface area contributed by atoms with Gasteiger partial charge < -0.3 is 10.1 Å². The van der Waals surface area contributed by atoms with Crippen LogP contribution in [0.5, 0.6) is 5.75 Å². The summed E-state index contributed by atoms with van der Waals surface area (Å²) in [5.41, 5.74) is 3.50. The molecule has 0 heterocycles. The number of hydrogen-bond donors (Lipinski definition) is 1. The summed E-state index contributed by atoms with van der Waals surface area (Å²) in [4.78, 5) is 12.3. The topological polar surface area (TPSA) is 38.3 Å². The van der Waals surface area contributed by atoms with E-state index in [1.54, 1.807) is 0 Å². The Labute approximate surface area is 138 Å². The number of ether oxygens (including phenoxy) is 1. The minimum atomic E-state index is -0.452. The summed E-state index contributed by atoms with van der Waals surface area (Å²) >= 11 is 0. The molecule has 1 unspecified atom stereocenters. The highest BCUT2D eigenvalue weighted by molar-refractivity contribution is 5.81. The minimum Gasteiger partial charge on any atom is -0.481 e. The highest BCUT2D eigenvalue weighted by Crippen LogP contribution is 2.18. The zero-order valence-electron chi connectivity index (χ0n) is 14.1. The average molecular weight is 311 g/mol. The third kappa shape index (κ3) is 5.44. The Morgan fingerprint density at radius 3 is 2.35 bits per heavy atom. The van der Waals surface area contributed by atoms with Gasteiger partial charge in [-0.05, 0) is 55.5 Å². The molecule has 1 amide bonds. The third-order valence-corrected chi connectivity index (χ3v) is 3.69. The molecule has 0 saturated heterocycles. The lowest BCUT2D eigenvalue weighted by Gasteiger charge is -2.18. The monoisotopic (exact) mass is 311 g/mol. The standard InChI is InChI=1S/C20H25NO2/c1-4-19(23-18-13-15(2)12-16(3)14-18)20(22)21-11-10-17-8-6-5-7-9-17/h5-9,12-14,19H,4,10-11H2,1-3H3,(H,21,22). The first kappa shape index (κ1) is 17.1. The summed E-state index contributed by atoms with van der Waals surface area (Å²) in [5, 5.41) is 2.97. The van der Waals surface area contributed by atoms with Crippen molar-refractivity contribution in [2.24, 2.45) is 0 Å². The van der Waals surface area contributed by atoms with E-state index in [-0.39, 0.29) is 5.91 Å². The van der Waals surface area contributed by atoms with E-state index in [4.69, 9.17) is 4.74 Å². The zero-order chi connectivity index (χ0) is 16.7. The van der Waals surface area contributed by atoms with E-state index in [0.717, 1.165) is 23.3 Å². The van der Waals surface area contributed by atoms with Crippen molar-refractivity contribution in [1.29, 1.82) is 0 Å². The maximum absolute atomic E-state index is 12.3. The maximum Gasteiger partial charge on any atom is 0.261 e. The predicted octanol–water partition coefficient (Wildman–Crippen LogP) is 3.82. The van der Waals surface area contributed by atoms with Gasteiger partial charge in [0.25, 0.3) is 5.91 Å². The summed E-state index contributed by atoms with van der Waals surface area (Å²) in [6, 6.07) is 16.2. The van der Waals surface area contributed by atoms with Gasteiger partial charge in [-0.15, -0.1) is 0 Å². The van der Waals surface area contributed by atoms with Gasteiger partial charge in [0.15, 0.2) is 6.10 Å². The maximum atomic E-state index is 12.3. The third-order valence-electron chi connectivity index (χ3n) is 3.69. The number of amides is 1. The molecule has 23 heavy (non-hydrogen) atoms. The Kier molecular flexibility index (Phi) is 6.21. The van der Waals surface area contributed by atoms with Crippen LogP contribution >= 0.6 is 0 Å². The SMILES string of the molecule is CCC(Oc1cc(C)cc(C)c1)C(=O)NCCc1ccccc1. The summed E-state index contributed by atoms with van der Waals surface area (Å²) in [7, 11) is 0. The van der Waals surface area contributed by atoms with Crippen molar-refractivity contribution < 1.29 is 9.53 Å². The quantitative estimate of drug-likeness (QED) is 0.844. The Hall–Kier alpha value is -2.29. The Balaban J connectivity index is 1.88. The molecule has 1 atom stereocenters. The fourth-order valence-corrected chi connectivity index (χ4v) is 2.58. The molecule has 0 fully saturated rings. The molecular weight excluding hydrogens is 286 g/mol. The number of benzene rings is 2. The van der Waals surface area contributed by atoms with Crippen LogP contribution in [0.2, 0.25) is 0 Å². The van der Waals surface area contributed by atoms with Crippen molar-refractivity contribution in [2.75, 3.05) is 6.54 Å². The van der Waals surface area contributed by atoms with Crippen LogP contribution in [0.25, 0.3) is 0 Å². The number of hydrogen-bond acceptors (Lipinski definition) is 2. The average Bonchev–Trinajstić information content (AvgIpc) is 2.52. The number of rotatable bonds is 7. The lowest BCUT2D eigenvalue weighted by molar-refractivity contribution is -0.128. The molecule has 0 spiro atoms. The van der Waals surface area contributed by atoms with Crippen LogP contribution in [0.4, 0.5) is 0 Å². The molecule has 122 valence electrons. The Morgan fingerprint density at radius 1 is 1.09 bits per heavy atom. The van der Waals surface area contributed by atoms with E-state index in [1.807, 2.05) is 51.1 Å². The molecule has 3 nitrogen and oxygen atoms in total. The largest absolute Gasteiger partial charge is 0.481 e. The zero-order valence-corrected chi connectivity index (χ0v) is 14.1. The van der Waals surface area contributed by atoms with E-state index < -0.39 is 6.10 Å². The highest BCUT2D eigenvalue weighted by Gasteiger charge is 2.18. The molecule has 0 aliphatic carbocycles. The first-order valence-electron chi connectivity index (χ1n) is 8.15. The van der Waals surface area contributed by atoms with Crippen LogP contribution in [-0.4, -0.2) is 18.6 Å². The lowest BCUT2D eigenvalue weighted by Crippen LogP contribution is -2.38. The van der Waals surface area contributed by atoms with E-state index in [9.17, 15) is 4.79 Å². The second-order valence-corrected chi connectivity index (χ2v) is 5.86. The number of aryl methyl sites for hydroxylation is 2. The van der Waals surface area contributed by atoms with Gasteiger partial charge in [-0.3, -0.25) is 4.79 Å². The fourth-order valence-electron chi connectivity index (χ4n) is 2.58. The van der Waals surface area contributed by atoms with Crippen LogP contribution in [-0.2, 0) is 11.2 Å². The molecule has 0 radical (unpaired) electrons. The van der Waals surface area contributed by atoms with Gasteiger partial charge in [0.05, 0.1) is 0 Å². The van der Waals surface area contributed by atoms with Crippen molar-refractivity contribution in [2.45, 2.75) is 39.7 Å². The smallest absolute Gasteiger partial charge is 0.261 e. The van der Waals surface area contributed by atoms with Gasteiger partial charge in [0, 0.05) is 6.54 Å². The molecule has 0 aliphatic rings. The Morgan fingerprint density at radius 2 is 1.74 bits per heavy atom. The summed E-state index contributed by atoms with van der Waals surface area (Å²) in [6.45, 7) is 6.64. The molecule has 1 N–H and O–H groups in total. The summed E-state index contributed by atoms with van der Waals surface area (Å²) in [6.07, 6.45) is 1.02. The van der Waals surface area contributed by atoms with E-state index in [1.165, 1.54) is 5.56 Å². The van der Waals surface area contributed by atoms with Gasteiger partial charge in [0.2, 0.25) is 0 Å². The van der Waals surface area contributed by atoms with Gasteiger partial charge in [-0.1, -0.05) is 43.3 Å². The second kappa shape index (κ2) is 8.37. The van der Waals surface area contributed by atoms with Gasteiger partial charge in [-0.2, -0.15) is 0 Å². The van der Waals surface area contributed by atoms with Gasteiger partial charge in [-0.25, -0.2) is 0 Å². The van der Waals surface area contributed by atoms with Crippen molar-refractivity contribution >= 4 is 5.91 Å². The lowest BCUT2D eigenvalue weighted by atomic mass is 10.1. The fraction of sp³-hybridized carbons (Fsp3) is 0.350. The molecule has 0 saturated carbocycles. The predicted molar refractivity (Wildman–Crippen MR) is 93.8 cm³/mol. The molecule has 0 bridgehead atoms. The summed E-state index contributed by atoms with van der Waals surface area (Å²) < 4.78 is 5.88. The molecule has 3 heteroatoms. The van der Waals surface area contributed by atoms with E-state index in [2.05, 4.69) is 23.5 Å². The normalized spacial score (nSPS) is 11.8. The Bertz CT molecular complexity index is 617. The number of carbonyl (C=O) groups excluding carboxylic acids is 1. The van der Waals surface area contributed by atoms with Crippen LogP contribution in [0.3, 0.4) is 0 Å². The molecular formula is C20H25NO2. The first-order chi connectivity index (χ1) is 11.1. The van der Waals surface area contributed by atoms with E-state index >= 15 is 0 Å². The highest BCUT2D eigenvalue weighted by atomic mass is 16.5. The van der Waals surface area contributed by atoms with Crippen LogP contribution in [0.1, 0.15) is 30.0 Å². The second-order valence-electron chi connectivity index (χ2n) is 5.86. The molecule has 2 aromatic rings. The van der Waals surface area contributed by atoms with Crippen molar-refractivity contribution in [1.82, 2.24) is 5.32 Å². The van der Waals surface area contributed by atoms with Gasteiger partial charge >= 0.3 is 0 Å². The molecule has 2 rings (SSSR count). The molecule has 2 aromatic carbocycles. The summed E-state index contributed by atoms with van der Waals surface area (Å²) in [5.74, 6) is 0.704. The van der Waals surface area contributed by atoms with Crippen molar-refractivity contribution in [3.05, 3.63) is 65.2 Å². The van der Waals surface area contributed by atoms with Crippen LogP contribution in [0.15, 0.2) is 48.5 Å². The van der Waals surface area contributed by atoms with Crippen LogP contribution in [0, 0.1) is 13.8 Å². The molecule has 0 aliphatic heterocycles. The van der Waals surface area contributed by atoms with Crippen molar-refractivity contribution in [3.8, 4) is 5.75 Å². The number of nitrogens with one attached hydrogen (secondary N) is 1. The van der Waals surface area contributed by atoms with E-state index in [0.29, 0.717) is 13.0 Å². The van der Waals surface area contributed by atoms with Gasteiger partial charge in [0.1, 0.15) is 5.75 Å². The van der Waals surface area contributed by atoms with Crippen molar-refractivity contribution in [3.63, 3.8) is 0 Å². The van der Waals surface area contributed by atoms with Crippen LogP contribution < -0.4 is 10.1 Å². The number of carbonyl (C=O) groups is 1.